The number of hydrogen-bond acceptors (Lipinski definition) is 5. The molecule has 0 spiro atoms. The van der Waals surface area contributed by atoms with E-state index in [0.29, 0.717) is 41.1 Å². The smallest absolute Gasteiger partial charge is 0.282 e. The zero-order chi connectivity index (χ0) is 22.8. The Balaban J connectivity index is 1.78. The third kappa shape index (κ3) is 4.09. The van der Waals surface area contributed by atoms with Crippen LogP contribution in [-0.4, -0.2) is 43.5 Å². The highest BCUT2D eigenvalue weighted by Gasteiger charge is 2.43. The molecule has 0 N–H and O–H groups in total. The lowest BCUT2D eigenvalue weighted by Gasteiger charge is -2.37. The third-order valence-corrected chi connectivity index (χ3v) is 6.03. The minimum atomic E-state index is -0.301. The first kappa shape index (κ1) is 21.9. The fourth-order valence-corrected chi connectivity index (χ4v) is 4.77. The number of amides is 2. The molecule has 2 amide bonds. The molecule has 2 aromatic carbocycles. The highest BCUT2D eigenvalue weighted by molar-refractivity contribution is 6.45. The predicted molar refractivity (Wildman–Crippen MR) is 125 cm³/mol. The molecule has 0 radical (unpaired) electrons. The van der Waals surface area contributed by atoms with Crippen LogP contribution in [0.1, 0.15) is 32.8 Å². The topological polar surface area (TPSA) is 59.1 Å². The molecule has 168 valence electrons. The SMILES string of the molecule is CCOc1ccc(C2=C(N3CC(C)CC(C)C3)C(=O)N(c3ccc(OC)cc3)C2=O)cc1. The van der Waals surface area contributed by atoms with Crippen molar-refractivity contribution in [3.05, 3.63) is 59.8 Å². The second-order valence-electron chi connectivity index (χ2n) is 8.68. The summed E-state index contributed by atoms with van der Waals surface area (Å²) in [7, 11) is 1.59. The van der Waals surface area contributed by atoms with Crippen molar-refractivity contribution in [2.45, 2.75) is 27.2 Å². The van der Waals surface area contributed by atoms with E-state index in [4.69, 9.17) is 9.47 Å². The van der Waals surface area contributed by atoms with Gasteiger partial charge in [0.1, 0.15) is 17.2 Å². The monoisotopic (exact) mass is 434 g/mol. The van der Waals surface area contributed by atoms with Crippen molar-refractivity contribution in [1.82, 2.24) is 4.90 Å². The first-order chi connectivity index (χ1) is 15.4. The van der Waals surface area contributed by atoms with Gasteiger partial charge in [-0.15, -0.1) is 0 Å². The van der Waals surface area contributed by atoms with Gasteiger partial charge in [0.05, 0.1) is 25.0 Å². The maximum Gasteiger partial charge on any atom is 0.282 e. The minimum absolute atomic E-state index is 0.273. The van der Waals surface area contributed by atoms with E-state index >= 15 is 0 Å². The number of imide groups is 1. The van der Waals surface area contributed by atoms with Crippen LogP contribution < -0.4 is 14.4 Å². The molecule has 2 unspecified atom stereocenters. The quantitative estimate of drug-likeness (QED) is 0.633. The summed E-state index contributed by atoms with van der Waals surface area (Å²) in [6.07, 6.45) is 1.12. The number of ether oxygens (including phenoxy) is 2. The third-order valence-electron chi connectivity index (χ3n) is 6.03. The molecule has 0 saturated carbocycles. The molecule has 6 nitrogen and oxygen atoms in total. The molecule has 1 fully saturated rings. The molecule has 2 aliphatic rings. The molecule has 4 rings (SSSR count). The average Bonchev–Trinajstić information content (AvgIpc) is 3.04. The van der Waals surface area contributed by atoms with Crippen molar-refractivity contribution in [1.29, 1.82) is 0 Å². The van der Waals surface area contributed by atoms with E-state index in [2.05, 4.69) is 18.7 Å². The van der Waals surface area contributed by atoms with Crippen LogP contribution in [0.4, 0.5) is 5.69 Å². The van der Waals surface area contributed by atoms with E-state index in [-0.39, 0.29) is 11.8 Å². The van der Waals surface area contributed by atoms with Gasteiger partial charge in [0, 0.05) is 13.1 Å². The summed E-state index contributed by atoms with van der Waals surface area (Å²) < 4.78 is 10.8. The van der Waals surface area contributed by atoms with Crippen LogP contribution in [0.25, 0.3) is 5.57 Å². The normalized spacial score (nSPS) is 21.4. The lowest BCUT2D eigenvalue weighted by Crippen LogP contribution is -2.42. The average molecular weight is 435 g/mol. The van der Waals surface area contributed by atoms with Gasteiger partial charge in [-0.2, -0.15) is 0 Å². The van der Waals surface area contributed by atoms with Gasteiger partial charge in [0.2, 0.25) is 0 Å². The van der Waals surface area contributed by atoms with E-state index in [9.17, 15) is 9.59 Å². The molecular formula is C26H30N2O4. The Morgan fingerprint density at radius 1 is 0.875 bits per heavy atom. The molecule has 6 heteroatoms. The molecule has 0 aromatic heterocycles. The van der Waals surface area contributed by atoms with Gasteiger partial charge in [-0.05, 0) is 67.1 Å². The fourth-order valence-electron chi connectivity index (χ4n) is 4.77. The lowest BCUT2D eigenvalue weighted by molar-refractivity contribution is -0.120. The highest BCUT2D eigenvalue weighted by atomic mass is 16.5. The van der Waals surface area contributed by atoms with Crippen molar-refractivity contribution in [3.63, 3.8) is 0 Å². The second kappa shape index (κ2) is 9.07. The first-order valence-electron chi connectivity index (χ1n) is 11.2. The summed E-state index contributed by atoms with van der Waals surface area (Å²) in [5.41, 5.74) is 2.21. The van der Waals surface area contributed by atoms with Gasteiger partial charge < -0.3 is 14.4 Å². The van der Waals surface area contributed by atoms with E-state index < -0.39 is 0 Å². The van der Waals surface area contributed by atoms with Gasteiger partial charge in [-0.25, -0.2) is 4.90 Å². The van der Waals surface area contributed by atoms with Crippen molar-refractivity contribution in [2.24, 2.45) is 11.8 Å². The zero-order valence-corrected chi connectivity index (χ0v) is 19.1. The number of anilines is 1. The van der Waals surface area contributed by atoms with Gasteiger partial charge >= 0.3 is 0 Å². The maximum absolute atomic E-state index is 13.7. The molecule has 2 aliphatic heterocycles. The van der Waals surface area contributed by atoms with Crippen LogP contribution in [0.2, 0.25) is 0 Å². The number of carbonyl (C=O) groups is 2. The molecule has 0 aliphatic carbocycles. The first-order valence-corrected chi connectivity index (χ1v) is 11.2. The Kier molecular flexibility index (Phi) is 6.21. The maximum atomic E-state index is 13.7. The summed E-state index contributed by atoms with van der Waals surface area (Å²) >= 11 is 0. The summed E-state index contributed by atoms with van der Waals surface area (Å²) in [4.78, 5) is 30.7. The zero-order valence-electron chi connectivity index (χ0n) is 19.1. The second-order valence-corrected chi connectivity index (χ2v) is 8.68. The van der Waals surface area contributed by atoms with Crippen molar-refractivity contribution in [2.75, 3.05) is 31.7 Å². The van der Waals surface area contributed by atoms with E-state index in [1.807, 2.05) is 31.2 Å². The summed E-state index contributed by atoms with van der Waals surface area (Å²) in [6.45, 7) is 8.41. The highest BCUT2D eigenvalue weighted by Crippen LogP contribution is 2.38. The lowest BCUT2D eigenvalue weighted by atomic mass is 9.91. The Morgan fingerprint density at radius 3 is 2.03 bits per heavy atom. The molecule has 2 heterocycles. The summed E-state index contributed by atoms with van der Waals surface area (Å²) in [5.74, 6) is 1.74. The van der Waals surface area contributed by atoms with Gasteiger partial charge in [-0.1, -0.05) is 26.0 Å². The Labute approximate surface area is 189 Å². The molecule has 32 heavy (non-hydrogen) atoms. The van der Waals surface area contributed by atoms with Crippen LogP contribution in [0.15, 0.2) is 54.2 Å². The number of benzene rings is 2. The Hall–Kier alpha value is -3.28. The van der Waals surface area contributed by atoms with Crippen molar-refractivity contribution in [3.8, 4) is 11.5 Å². The van der Waals surface area contributed by atoms with Gasteiger partial charge in [0.15, 0.2) is 0 Å². The summed E-state index contributed by atoms with van der Waals surface area (Å²) in [6, 6.07) is 14.4. The largest absolute Gasteiger partial charge is 0.497 e. The van der Waals surface area contributed by atoms with Crippen LogP contribution in [0, 0.1) is 11.8 Å². The van der Waals surface area contributed by atoms with E-state index in [0.717, 1.165) is 30.8 Å². The predicted octanol–water partition coefficient (Wildman–Crippen LogP) is 4.36. The number of nitrogens with zero attached hydrogens (tertiary/aromatic N) is 2. The van der Waals surface area contributed by atoms with E-state index in [1.54, 1.807) is 31.4 Å². The number of rotatable bonds is 6. The molecular weight excluding hydrogens is 404 g/mol. The summed E-state index contributed by atoms with van der Waals surface area (Å²) in [5, 5.41) is 0. The van der Waals surface area contributed by atoms with Crippen LogP contribution in [0.5, 0.6) is 11.5 Å². The molecule has 2 aromatic rings. The van der Waals surface area contributed by atoms with Gasteiger partial charge in [-0.3, -0.25) is 9.59 Å². The number of hydrogen-bond donors (Lipinski definition) is 0. The fraction of sp³-hybridized carbons (Fsp3) is 0.385. The minimum Gasteiger partial charge on any atom is -0.497 e. The van der Waals surface area contributed by atoms with Gasteiger partial charge in [0.25, 0.3) is 11.8 Å². The molecule has 2 atom stereocenters. The number of piperidine rings is 1. The standard InChI is InChI=1S/C26H30N2O4/c1-5-32-22-10-6-19(7-11-22)23-24(27-15-17(2)14-18(3)16-27)26(30)28(25(23)29)20-8-12-21(31-4)13-9-20/h6-13,17-18H,5,14-16H2,1-4H3. The van der Waals surface area contributed by atoms with Crippen LogP contribution >= 0.6 is 0 Å². The van der Waals surface area contributed by atoms with Crippen LogP contribution in [-0.2, 0) is 9.59 Å². The molecule has 0 bridgehead atoms. The van der Waals surface area contributed by atoms with Crippen molar-refractivity contribution < 1.29 is 19.1 Å². The Morgan fingerprint density at radius 2 is 1.47 bits per heavy atom. The van der Waals surface area contributed by atoms with Crippen molar-refractivity contribution >= 4 is 23.1 Å². The number of likely N-dealkylation sites (tertiary alicyclic amines) is 1. The number of methoxy groups -OCH3 is 1. The molecule has 1 saturated heterocycles. The number of carbonyl (C=O) groups excluding carboxylic acids is 2. The van der Waals surface area contributed by atoms with Crippen LogP contribution in [0.3, 0.4) is 0 Å². The Bertz CT molecular complexity index is 1020. The van der Waals surface area contributed by atoms with E-state index in [1.165, 1.54) is 4.90 Å².